The Kier molecular flexibility index (Phi) is 6.14. The van der Waals surface area contributed by atoms with Crippen molar-refractivity contribution < 1.29 is 4.79 Å². The molecule has 1 aliphatic rings. The predicted molar refractivity (Wildman–Crippen MR) is 151 cm³/mol. The Morgan fingerprint density at radius 1 is 1.13 bits per heavy atom. The van der Waals surface area contributed by atoms with E-state index in [1.165, 1.54) is 4.52 Å². The van der Waals surface area contributed by atoms with E-state index in [4.69, 9.17) is 5.73 Å². The Balaban J connectivity index is 1.46. The van der Waals surface area contributed by atoms with Crippen LogP contribution in [0.1, 0.15) is 34.6 Å². The molecular weight excluding hydrogens is 492 g/mol. The van der Waals surface area contributed by atoms with Gasteiger partial charge < -0.3 is 16.5 Å². The molecule has 1 aliphatic heterocycles. The van der Waals surface area contributed by atoms with E-state index in [2.05, 4.69) is 26.3 Å². The van der Waals surface area contributed by atoms with Gasteiger partial charge in [-0.05, 0) is 54.3 Å². The number of nitrogens with two attached hydrogens (primary N) is 1. The highest BCUT2D eigenvalue weighted by atomic mass is 16.2. The number of nitrogen functional groups attached to an aromatic ring is 1. The average molecular weight is 519 g/mol. The van der Waals surface area contributed by atoms with Crippen molar-refractivity contribution in [1.82, 2.24) is 35.3 Å². The van der Waals surface area contributed by atoms with Gasteiger partial charge in [0.2, 0.25) is 0 Å². The van der Waals surface area contributed by atoms with Gasteiger partial charge in [0, 0.05) is 36.0 Å². The van der Waals surface area contributed by atoms with E-state index < -0.39 is 11.9 Å². The van der Waals surface area contributed by atoms with E-state index in [1.54, 1.807) is 23.0 Å². The van der Waals surface area contributed by atoms with Crippen molar-refractivity contribution in [3.8, 4) is 5.69 Å². The third-order valence-corrected chi connectivity index (χ3v) is 6.66. The maximum atomic E-state index is 14.1. The Labute approximate surface area is 223 Å². The van der Waals surface area contributed by atoms with Gasteiger partial charge in [-0.2, -0.15) is 0 Å². The molecule has 3 aromatic heterocycles. The lowest BCUT2D eigenvalue weighted by Gasteiger charge is -2.21. The topological polar surface area (TPSA) is 131 Å². The summed E-state index contributed by atoms with van der Waals surface area (Å²) >= 11 is 0. The van der Waals surface area contributed by atoms with E-state index in [9.17, 15) is 9.59 Å². The quantitative estimate of drug-likeness (QED) is 0.272. The number of hydrogen-bond acceptors (Lipinski definition) is 7. The minimum atomic E-state index is -0.550. The number of carbonyl (C=O) groups is 1. The van der Waals surface area contributed by atoms with Crippen molar-refractivity contribution in [3.05, 3.63) is 118 Å². The first-order chi connectivity index (χ1) is 19.0. The summed E-state index contributed by atoms with van der Waals surface area (Å²) in [6.07, 6.45) is 9.15. The van der Waals surface area contributed by atoms with E-state index in [0.717, 1.165) is 23.2 Å². The van der Waals surface area contributed by atoms with E-state index in [1.807, 2.05) is 79.7 Å². The highest BCUT2D eigenvalue weighted by Crippen LogP contribution is 2.25. The maximum Gasteiger partial charge on any atom is 0.263 e. The number of allylic oxidation sites excluding steroid dienone is 1. The molecule has 0 saturated heterocycles. The highest BCUT2D eigenvalue weighted by Gasteiger charge is 2.23. The van der Waals surface area contributed by atoms with E-state index in [-0.39, 0.29) is 16.9 Å². The number of nitrogens with zero attached hydrogens (tertiary/aromatic N) is 4. The van der Waals surface area contributed by atoms with Crippen molar-refractivity contribution in [2.24, 2.45) is 0 Å². The molecule has 0 saturated carbocycles. The van der Waals surface area contributed by atoms with Crippen LogP contribution in [-0.2, 0) is 0 Å². The first kappa shape index (κ1) is 24.1. The molecule has 1 unspecified atom stereocenters. The van der Waals surface area contributed by atoms with Crippen LogP contribution in [0, 0.1) is 0 Å². The first-order valence-corrected chi connectivity index (χ1v) is 12.5. The zero-order valence-corrected chi connectivity index (χ0v) is 21.1. The second-order valence-corrected chi connectivity index (χ2v) is 9.20. The number of pyridine rings is 1. The molecule has 5 aromatic rings. The van der Waals surface area contributed by atoms with Crippen molar-refractivity contribution in [2.45, 2.75) is 13.0 Å². The van der Waals surface area contributed by atoms with Crippen LogP contribution in [0.2, 0.25) is 0 Å². The SMILES string of the molecule is CC(NC(=O)c1c(N)nn2cccnc12)c1cc2cccc(C=CC3=CCNN3)c2c(=O)n1-c1ccccc1. The summed E-state index contributed by atoms with van der Waals surface area (Å²) in [5, 5.41) is 8.55. The number of fused-ring (bicyclic) bond motifs is 2. The number of amides is 1. The smallest absolute Gasteiger partial charge is 0.263 e. The third kappa shape index (κ3) is 4.42. The molecule has 5 N–H and O–H groups in total. The largest absolute Gasteiger partial charge is 0.381 e. The molecule has 194 valence electrons. The number of hydrogen-bond donors (Lipinski definition) is 4. The Hall–Kier alpha value is -5.22. The molecule has 39 heavy (non-hydrogen) atoms. The lowest BCUT2D eigenvalue weighted by molar-refractivity contribution is 0.0941. The second kappa shape index (κ2) is 9.92. The molecule has 10 nitrogen and oxygen atoms in total. The van der Waals surface area contributed by atoms with Gasteiger partial charge in [-0.3, -0.25) is 14.2 Å². The van der Waals surface area contributed by atoms with Crippen LogP contribution < -0.4 is 27.5 Å². The number of aromatic nitrogens is 4. The first-order valence-electron chi connectivity index (χ1n) is 12.5. The van der Waals surface area contributed by atoms with Crippen LogP contribution in [0.5, 0.6) is 0 Å². The molecule has 0 aliphatic carbocycles. The molecule has 1 atom stereocenters. The average Bonchev–Trinajstić information content (AvgIpc) is 3.59. The molecule has 6 rings (SSSR count). The number of carbonyl (C=O) groups excluding carboxylic acids is 1. The summed E-state index contributed by atoms with van der Waals surface area (Å²) < 4.78 is 3.12. The van der Waals surface area contributed by atoms with Crippen LogP contribution in [0.25, 0.3) is 28.2 Å². The van der Waals surface area contributed by atoms with Gasteiger partial charge in [-0.15, -0.1) is 5.10 Å². The number of benzene rings is 2. The molecule has 10 heteroatoms. The normalized spacial score (nSPS) is 14.0. The van der Waals surface area contributed by atoms with Crippen molar-refractivity contribution >= 4 is 34.2 Å². The Bertz CT molecular complexity index is 1840. The number of rotatable bonds is 6. The summed E-state index contributed by atoms with van der Waals surface area (Å²) in [6, 6.07) is 18.2. The standard InChI is InChI=1S/C29H26N8O2/c1-18(33-28(38)25-26(30)35-36-16-6-14-31-27(25)36)23-17-20-8-5-7-19(11-12-21-13-15-32-34-21)24(20)29(39)37(23)22-9-3-2-4-10-22/h2-14,16-18,32,34H,15H2,1H3,(H2,30,35)(H,33,38). The summed E-state index contributed by atoms with van der Waals surface area (Å²) in [4.78, 5) is 31.8. The van der Waals surface area contributed by atoms with Crippen molar-refractivity contribution in [3.63, 3.8) is 0 Å². The van der Waals surface area contributed by atoms with Crippen LogP contribution in [0.15, 0.2) is 95.7 Å². The molecule has 0 spiro atoms. The highest BCUT2D eigenvalue weighted by molar-refractivity contribution is 6.04. The fourth-order valence-corrected chi connectivity index (χ4v) is 4.83. The van der Waals surface area contributed by atoms with Gasteiger partial charge in [0.1, 0.15) is 5.56 Å². The minimum Gasteiger partial charge on any atom is -0.381 e. The predicted octanol–water partition coefficient (Wildman–Crippen LogP) is 3.11. The molecule has 2 aromatic carbocycles. The number of anilines is 1. The van der Waals surface area contributed by atoms with Gasteiger partial charge in [-0.25, -0.2) is 14.9 Å². The lowest BCUT2D eigenvalue weighted by atomic mass is 10.0. The van der Waals surface area contributed by atoms with Gasteiger partial charge in [0.25, 0.3) is 11.5 Å². The third-order valence-electron chi connectivity index (χ3n) is 6.66. The molecular formula is C29H26N8O2. The van der Waals surface area contributed by atoms with Crippen LogP contribution in [0.4, 0.5) is 5.82 Å². The van der Waals surface area contributed by atoms with Gasteiger partial charge in [0.05, 0.1) is 11.4 Å². The summed E-state index contributed by atoms with van der Waals surface area (Å²) in [5.74, 6) is -0.348. The van der Waals surface area contributed by atoms with E-state index in [0.29, 0.717) is 22.4 Å². The van der Waals surface area contributed by atoms with Crippen molar-refractivity contribution in [1.29, 1.82) is 0 Å². The van der Waals surface area contributed by atoms with Crippen molar-refractivity contribution in [2.75, 3.05) is 12.3 Å². The molecule has 0 radical (unpaired) electrons. The summed E-state index contributed by atoms with van der Waals surface area (Å²) in [5.41, 5.74) is 15.6. The Morgan fingerprint density at radius 2 is 1.97 bits per heavy atom. The Morgan fingerprint density at radius 3 is 2.77 bits per heavy atom. The number of hydrazine groups is 1. The number of nitrogens with one attached hydrogen (secondary N) is 3. The van der Waals surface area contributed by atoms with Gasteiger partial charge in [0.15, 0.2) is 11.5 Å². The van der Waals surface area contributed by atoms with Crippen LogP contribution in [-0.4, -0.2) is 31.6 Å². The van der Waals surface area contributed by atoms with Crippen LogP contribution in [0.3, 0.4) is 0 Å². The summed E-state index contributed by atoms with van der Waals surface area (Å²) in [7, 11) is 0. The molecule has 1 amide bonds. The zero-order valence-electron chi connectivity index (χ0n) is 21.1. The fraction of sp³-hybridized carbons (Fsp3) is 0.103. The second-order valence-electron chi connectivity index (χ2n) is 9.20. The molecule has 0 fully saturated rings. The van der Waals surface area contributed by atoms with Gasteiger partial charge in [-0.1, -0.05) is 42.5 Å². The monoisotopic (exact) mass is 518 g/mol. The maximum absolute atomic E-state index is 14.1. The fourth-order valence-electron chi connectivity index (χ4n) is 4.83. The lowest BCUT2D eigenvalue weighted by Crippen LogP contribution is -2.32. The number of para-hydroxylation sites is 1. The molecule has 4 heterocycles. The minimum absolute atomic E-state index is 0.0795. The summed E-state index contributed by atoms with van der Waals surface area (Å²) in [6.45, 7) is 2.57. The van der Waals surface area contributed by atoms with E-state index >= 15 is 0 Å². The van der Waals surface area contributed by atoms with Crippen LogP contribution >= 0.6 is 0 Å². The zero-order chi connectivity index (χ0) is 26.9. The van der Waals surface area contributed by atoms with Gasteiger partial charge >= 0.3 is 0 Å². The molecule has 0 bridgehead atoms.